The lowest BCUT2D eigenvalue weighted by Crippen LogP contribution is -1.90. The average Bonchev–Trinajstić information content (AvgIpc) is 2.95. The van der Waals surface area contributed by atoms with Gasteiger partial charge in [-0.1, -0.05) is 6.07 Å². The van der Waals surface area contributed by atoms with E-state index >= 15 is 0 Å². The normalized spacial score (nSPS) is 11.3. The number of imidazole rings is 1. The largest absolute Gasteiger partial charge is 0.380 e. The summed E-state index contributed by atoms with van der Waals surface area (Å²) in [5.74, 6) is 1.02. The van der Waals surface area contributed by atoms with Gasteiger partial charge in [-0.2, -0.15) is 0 Å². The Labute approximate surface area is 116 Å². The van der Waals surface area contributed by atoms with Crippen LogP contribution in [0, 0.1) is 6.92 Å². The second kappa shape index (κ2) is 4.79. The molecule has 0 radical (unpaired) electrons. The standard InChI is InChI=1S/C15H16N2OS/c1-10-4-5-13-12(6-10)16-15(17(13)2)14-7-11(8-18-3)9-19-14/h4-7,9H,8H2,1-3H3. The molecule has 0 fully saturated rings. The fourth-order valence-corrected chi connectivity index (χ4v) is 3.19. The lowest BCUT2D eigenvalue weighted by atomic mass is 10.2. The van der Waals surface area contributed by atoms with Crippen molar-refractivity contribution in [3.05, 3.63) is 40.8 Å². The van der Waals surface area contributed by atoms with Gasteiger partial charge in [0.1, 0.15) is 0 Å². The molecular weight excluding hydrogens is 256 g/mol. The van der Waals surface area contributed by atoms with E-state index in [-0.39, 0.29) is 0 Å². The van der Waals surface area contributed by atoms with Crippen LogP contribution in [-0.2, 0) is 18.4 Å². The van der Waals surface area contributed by atoms with Gasteiger partial charge in [0.15, 0.2) is 5.82 Å². The first-order chi connectivity index (χ1) is 9.19. The maximum Gasteiger partial charge on any atom is 0.150 e. The molecule has 0 aliphatic heterocycles. The van der Waals surface area contributed by atoms with Gasteiger partial charge in [-0.3, -0.25) is 0 Å². The summed E-state index contributed by atoms with van der Waals surface area (Å²) in [6, 6.07) is 8.54. The molecule has 3 nitrogen and oxygen atoms in total. The van der Waals surface area contributed by atoms with Crippen molar-refractivity contribution < 1.29 is 4.74 Å². The van der Waals surface area contributed by atoms with E-state index in [1.54, 1.807) is 18.4 Å². The number of ether oxygens (including phenoxy) is 1. The number of aromatic nitrogens is 2. The van der Waals surface area contributed by atoms with Crippen molar-refractivity contribution in [1.82, 2.24) is 9.55 Å². The van der Waals surface area contributed by atoms with E-state index in [2.05, 4.69) is 48.2 Å². The van der Waals surface area contributed by atoms with E-state index in [4.69, 9.17) is 9.72 Å². The molecule has 0 spiro atoms. The van der Waals surface area contributed by atoms with E-state index in [0.717, 1.165) is 11.3 Å². The Balaban J connectivity index is 2.10. The highest BCUT2D eigenvalue weighted by atomic mass is 32.1. The zero-order valence-corrected chi connectivity index (χ0v) is 12.1. The summed E-state index contributed by atoms with van der Waals surface area (Å²) in [7, 11) is 3.78. The number of rotatable bonds is 3. The summed E-state index contributed by atoms with van der Waals surface area (Å²) < 4.78 is 7.31. The van der Waals surface area contributed by atoms with Gasteiger partial charge in [0, 0.05) is 14.2 Å². The fraction of sp³-hybridized carbons (Fsp3) is 0.267. The number of methoxy groups -OCH3 is 1. The van der Waals surface area contributed by atoms with Gasteiger partial charge in [0.25, 0.3) is 0 Å². The molecule has 2 heterocycles. The van der Waals surface area contributed by atoms with Crippen LogP contribution in [0.5, 0.6) is 0 Å². The van der Waals surface area contributed by atoms with Gasteiger partial charge in [0.2, 0.25) is 0 Å². The van der Waals surface area contributed by atoms with Crippen LogP contribution in [0.3, 0.4) is 0 Å². The van der Waals surface area contributed by atoms with Crippen molar-refractivity contribution in [1.29, 1.82) is 0 Å². The second-order valence-corrected chi connectivity index (χ2v) is 5.65. The highest BCUT2D eigenvalue weighted by Gasteiger charge is 2.11. The van der Waals surface area contributed by atoms with Crippen LogP contribution in [-0.4, -0.2) is 16.7 Å². The molecule has 0 amide bonds. The molecule has 0 aliphatic carbocycles. The maximum absolute atomic E-state index is 5.16. The Hall–Kier alpha value is -1.65. The third-order valence-corrected chi connectivity index (χ3v) is 4.20. The number of hydrogen-bond donors (Lipinski definition) is 0. The molecule has 0 unspecified atom stereocenters. The number of aryl methyl sites for hydroxylation is 2. The maximum atomic E-state index is 5.16. The molecule has 1 aromatic carbocycles. The quantitative estimate of drug-likeness (QED) is 0.726. The van der Waals surface area contributed by atoms with E-state index in [1.165, 1.54) is 21.5 Å². The fourth-order valence-electron chi connectivity index (χ4n) is 2.27. The number of thiophene rings is 1. The average molecular weight is 272 g/mol. The van der Waals surface area contributed by atoms with Crippen molar-refractivity contribution in [2.75, 3.05) is 7.11 Å². The van der Waals surface area contributed by atoms with Crippen molar-refractivity contribution in [3.8, 4) is 10.7 Å². The first kappa shape index (κ1) is 12.4. The summed E-state index contributed by atoms with van der Waals surface area (Å²) in [6.07, 6.45) is 0. The third kappa shape index (κ3) is 2.17. The topological polar surface area (TPSA) is 27.1 Å². The summed E-state index contributed by atoms with van der Waals surface area (Å²) >= 11 is 1.71. The molecule has 4 heteroatoms. The molecule has 2 aromatic heterocycles. The molecule has 0 saturated heterocycles. The summed E-state index contributed by atoms with van der Waals surface area (Å²) in [6.45, 7) is 2.75. The minimum atomic E-state index is 0.652. The van der Waals surface area contributed by atoms with Crippen LogP contribution < -0.4 is 0 Å². The van der Waals surface area contributed by atoms with Crippen molar-refractivity contribution in [3.63, 3.8) is 0 Å². The number of nitrogens with zero attached hydrogens (tertiary/aromatic N) is 2. The lowest BCUT2D eigenvalue weighted by molar-refractivity contribution is 0.185. The summed E-state index contributed by atoms with van der Waals surface area (Å²) in [4.78, 5) is 5.93. The Morgan fingerprint density at radius 1 is 1.32 bits per heavy atom. The van der Waals surface area contributed by atoms with Crippen LogP contribution >= 0.6 is 11.3 Å². The minimum absolute atomic E-state index is 0.652. The predicted octanol–water partition coefficient (Wildman–Crippen LogP) is 3.76. The van der Waals surface area contributed by atoms with Gasteiger partial charge in [-0.05, 0) is 41.6 Å². The minimum Gasteiger partial charge on any atom is -0.380 e. The number of fused-ring (bicyclic) bond motifs is 1. The Bertz CT molecular complexity index is 727. The van der Waals surface area contributed by atoms with E-state index < -0.39 is 0 Å². The first-order valence-electron chi connectivity index (χ1n) is 6.19. The van der Waals surface area contributed by atoms with E-state index in [9.17, 15) is 0 Å². The number of benzene rings is 1. The van der Waals surface area contributed by atoms with Crippen LogP contribution in [0.15, 0.2) is 29.6 Å². The molecule has 0 N–H and O–H groups in total. The van der Waals surface area contributed by atoms with Crippen molar-refractivity contribution >= 4 is 22.4 Å². The second-order valence-electron chi connectivity index (χ2n) is 4.74. The van der Waals surface area contributed by atoms with Crippen molar-refractivity contribution in [2.45, 2.75) is 13.5 Å². The monoisotopic (exact) mass is 272 g/mol. The molecule has 98 valence electrons. The SMILES string of the molecule is COCc1csc(-c2nc3cc(C)ccc3n2C)c1. The van der Waals surface area contributed by atoms with Gasteiger partial charge in [-0.15, -0.1) is 11.3 Å². The van der Waals surface area contributed by atoms with Gasteiger partial charge in [0.05, 0.1) is 22.5 Å². The summed E-state index contributed by atoms with van der Waals surface area (Å²) in [5, 5.41) is 2.13. The van der Waals surface area contributed by atoms with Crippen LogP contribution in [0.25, 0.3) is 21.7 Å². The third-order valence-electron chi connectivity index (χ3n) is 3.22. The van der Waals surface area contributed by atoms with Crippen LogP contribution in [0.4, 0.5) is 0 Å². The zero-order valence-electron chi connectivity index (χ0n) is 11.3. The number of hydrogen-bond acceptors (Lipinski definition) is 3. The summed E-state index contributed by atoms with van der Waals surface area (Å²) in [5.41, 5.74) is 4.66. The molecule has 0 bridgehead atoms. The van der Waals surface area contributed by atoms with Gasteiger partial charge >= 0.3 is 0 Å². The molecule has 0 saturated carbocycles. The first-order valence-corrected chi connectivity index (χ1v) is 7.07. The Kier molecular flexibility index (Phi) is 3.12. The Morgan fingerprint density at radius 2 is 2.16 bits per heavy atom. The molecule has 3 aromatic rings. The lowest BCUT2D eigenvalue weighted by Gasteiger charge is -1.99. The van der Waals surface area contributed by atoms with Gasteiger partial charge in [-0.25, -0.2) is 4.98 Å². The highest BCUT2D eigenvalue weighted by Crippen LogP contribution is 2.29. The van der Waals surface area contributed by atoms with Crippen molar-refractivity contribution in [2.24, 2.45) is 7.05 Å². The van der Waals surface area contributed by atoms with Crippen LogP contribution in [0.2, 0.25) is 0 Å². The highest BCUT2D eigenvalue weighted by molar-refractivity contribution is 7.13. The molecule has 0 atom stereocenters. The van der Waals surface area contributed by atoms with E-state index in [1.807, 2.05) is 0 Å². The Morgan fingerprint density at radius 3 is 2.95 bits per heavy atom. The van der Waals surface area contributed by atoms with Crippen LogP contribution in [0.1, 0.15) is 11.1 Å². The molecule has 0 aliphatic rings. The molecule has 3 rings (SSSR count). The predicted molar refractivity (Wildman–Crippen MR) is 79.5 cm³/mol. The smallest absolute Gasteiger partial charge is 0.150 e. The molecule has 19 heavy (non-hydrogen) atoms. The molecular formula is C15H16N2OS. The zero-order chi connectivity index (χ0) is 13.4. The van der Waals surface area contributed by atoms with E-state index in [0.29, 0.717) is 6.61 Å². The van der Waals surface area contributed by atoms with Gasteiger partial charge < -0.3 is 9.30 Å².